The number of aliphatic hydroxyl groups is 2. The third-order valence-corrected chi connectivity index (χ3v) is 4.49. The SMILES string of the molecule is CSc1ccc(C(O)C(O)CCNC(=O)OCc2ccccc2)cc1. The van der Waals surface area contributed by atoms with Gasteiger partial charge in [-0.2, -0.15) is 0 Å². The molecule has 0 saturated carbocycles. The normalized spacial score (nSPS) is 13.1. The molecule has 0 fully saturated rings. The number of ether oxygens (including phenoxy) is 1. The first-order valence-corrected chi connectivity index (χ1v) is 9.27. The summed E-state index contributed by atoms with van der Waals surface area (Å²) >= 11 is 1.61. The van der Waals surface area contributed by atoms with Crippen molar-refractivity contribution >= 4 is 17.9 Å². The average molecular weight is 361 g/mol. The van der Waals surface area contributed by atoms with Crippen molar-refractivity contribution in [1.82, 2.24) is 5.32 Å². The number of nitrogens with one attached hydrogen (secondary N) is 1. The van der Waals surface area contributed by atoms with Crippen LogP contribution in [0.3, 0.4) is 0 Å². The Morgan fingerprint density at radius 2 is 1.80 bits per heavy atom. The summed E-state index contributed by atoms with van der Waals surface area (Å²) in [6, 6.07) is 16.8. The van der Waals surface area contributed by atoms with Gasteiger partial charge in [0, 0.05) is 11.4 Å². The van der Waals surface area contributed by atoms with Crippen LogP contribution in [-0.2, 0) is 11.3 Å². The van der Waals surface area contributed by atoms with Gasteiger partial charge >= 0.3 is 6.09 Å². The van der Waals surface area contributed by atoms with Crippen molar-refractivity contribution in [2.24, 2.45) is 0 Å². The predicted molar refractivity (Wildman–Crippen MR) is 98.4 cm³/mol. The lowest BCUT2D eigenvalue weighted by Gasteiger charge is -2.18. The minimum absolute atomic E-state index is 0.194. The minimum atomic E-state index is -0.988. The molecule has 2 aromatic carbocycles. The number of amides is 1. The smallest absolute Gasteiger partial charge is 0.407 e. The van der Waals surface area contributed by atoms with Crippen LogP contribution in [0.5, 0.6) is 0 Å². The second kappa shape index (κ2) is 10.1. The second-order valence-corrected chi connectivity index (χ2v) is 6.44. The fourth-order valence-electron chi connectivity index (χ4n) is 2.28. The molecule has 5 nitrogen and oxygen atoms in total. The lowest BCUT2D eigenvalue weighted by molar-refractivity contribution is 0.0136. The van der Waals surface area contributed by atoms with E-state index in [1.54, 1.807) is 23.9 Å². The van der Waals surface area contributed by atoms with Gasteiger partial charge in [0.05, 0.1) is 6.10 Å². The lowest BCUT2D eigenvalue weighted by atomic mass is 10.0. The summed E-state index contributed by atoms with van der Waals surface area (Å²) in [7, 11) is 0. The highest BCUT2D eigenvalue weighted by Gasteiger charge is 2.18. The molecule has 6 heteroatoms. The second-order valence-electron chi connectivity index (χ2n) is 5.56. The van der Waals surface area contributed by atoms with Crippen LogP contribution < -0.4 is 5.32 Å². The fraction of sp³-hybridized carbons (Fsp3) is 0.316. The third kappa shape index (κ3) is 6.42. The summed E-state index contributed by atoms with van der Waals surface area (Å²) in [4.78, 5) is 12.7. The van der Waals surface area contributed by atoms with Gasteiger partial charge in [0.2, 0.25) is 0 Å². The molecule has 2 atom stereocenters. The lowest BCUT2D eigenvalue weighted by Crippen LogP contribution is -2.29. The summed E-state index contributed by atoms with van der Waals surface area (Å²) in [6.07, 6.45) is -0.295. The van der Waals surface area contributed by atoms with Gasteiger partial charge in [-0.15, -0.1) is 11.8 Å². The first-order chi connectivity index (χ1) is 12.1. The van der Waals surface area contributed by atoms with Crippen molar-refractivity contribution in [2.75, 3.05) is 12.8 Å². The number of hydrogen-bond donors (Lipinski definition) is 3. The largest absolute Gasteiger partial charge is 0.445 e. The van der Waals surface area contributed by atoms with Crippen LogP contribution in [0.4, 0.5) is 4.79 Å². The van der Waals surface area contributed by atoms with E-state index in [0.717, 1.165) is 10.5 Å². The summed E-state index contributed by atoms with van der Waals surface area (Å²) in [5, 5.41) is 22.8. The van der Waals surface area contributed by atoms with Crippen molar-refractivity contribution in [3.05, 3.63) is 65.7 Å². The molecule has 0 aromatic heterocycles. The number of hydrogen-bond acceptors (Lipinski definition) is 5. The van der Waals surface area contributed by atoms with Crippen LogP contribution >= 0.6 is 11.8 Å². The fourth-order valence-corrected chi connectivity index (χ4v) is 2.69. The van der Waals surface area contributed by atoms with E-state index in [0.29, 0.717) is 5.56 Å². The van der Waals surface area contributed by atoms with Crippen molar-refractivity contribution in [3.63, 3.8) is 0 Å². The Morgan fingerprint density at radius 3 is 2.44 bits per heavy atom. The molecule has 0 aliphatic carbocycles. The molecule has 134 valence electrons. The van der Waals surface area contributed by atoms with Crippen molar-refractivity contribution in [3.8, 4) is 0 Å². The molecule has 0 spiro atoms. The third-order valence-electron chi connectivity index (χ3n) is 3.74. The number of benzene rings is 2. The van der Waals surface area contributed by atoms with Crippen molar-refractivity contribution in [2.45, 2.75) is 30.1 Å². The predicted octanol–water partition coefficient (Wildman–Crippen LogP) is 3.12. The Morgan fingerprint density at radius 1 is 1.12 bits per heavy atom. The molecule has 0 radical (unpaired) electrons. The van der Waals surface area contributed by atoms with Gasteiger partial charge in [0.25, 0.3) is 0 Å². The van der Waals surface area contributed by atoms with E-state index in [4.69, 9.17) is 4.74 Å². The Bertz CT molecular complexity index is 648. The van der Waals surface area contributed by atoms with Gasteiger partial charge in [-0.05, 0) is 35.9 Å². The van der Waals surface area contributed by atoms with E-state index < -0.39 is 18.3 Å². The molecule has 0 aliphatic heterocycles. The maximum atomic E-state index is 11.6. The zero-order valence-corrected chi connectivity index (χ0v) is 14.9. The van der Waals surface area contributed by atoms with Gasteiger partial charge in [-0.3, -0.25) is 0 Å². The van der Waals surface area contributed by atoms with E-state index in [-0.39, 0.29) is 19.6 Å². The number of rotatable bonds is 8. The Hall–Kier alpha value is -2.02. The highest BCUT2D eigenvalue weighted by atomic mass is 32.2. The quantitative estimate of drug-likeness (QED) is 0.630. The van der Waals surface area contributed by atoms with E-state index in [9.17, 15) is 15.0 Å². The van der Waals surface area contributed by atoms with Gasteiger partial charge in [-0.25, -0.2) is 4.79 Å². The average Bonchev–Trinajstić information content (AvgIpc) is 2.66. The molecule has 2 aromatic rings. The summed E-state index contributed by atoms with van der Waals surface area (Å²) in [6.45, 7) is 0.411. The highest BCUT2D eigenvalue weighted by molar-refractivity contribution is 7.98. The van der Waals surface area contributed by atoms with Gasteiger partial charge < -0.3 is 20.3 Å². The van der Waals surface area contributed by atoms with Crippen LogP contribution in [0.25, 0.3) is 0 Å². The van der Waals surface area contributed by atoms with Crippen LogP contribution in [0.2, 0.25) is 0 Å². The van der Waals surface area contributed by atoms with Gasteiger partial charge in [0.15, 0.2) is 0 Å². The topological polar surface area (TPSA) is 78.8 Å². The molecule has 0 saturated heterocycles. The number of aliphatic hydroxyl groups excluding tert-OH is 2. The number of alkyl carbamates (subject to hydrolysis) is 1. The highest BCUT2D eigenvalue weighted by Crippen LogP contribution is 2.22. The van der Waals surface area contributed by atoms with Crippen molar-refractivity contribution in [1.29, 1.82) is 0 Å². The summed E-state index contributed by atoms with van der Waals surface area (Å²) in [5.41, 5.74) is 1.55. The maximum absolute atomic E-state index is 11.6. The van der Waals surface area contributed by atoms with E-state index in [1.165, 1.54) is 0 Å². The molecule has 0 heterocycles. The first-order valence-electron chi connectivity index (χ1n) is 8.05. The number of carbonyl (C=O) groups excluding carboxylic acids is 1. The minimum Gasteiger partial charge on any atom is -0.445 e. The summed E-state index contributed by atoms with van der Waals surface area (Å²) < 4.78 is 5.08. The standard InChI is InChI=1S/C19H23NO4S/c1-25-16-9-7-15(8-10-16)18(22)17(21)11-12-20-19(23)24-13-14-5-3-2-4-6-14/h2-10,17-18,21-22H,11-13H2,1H3,(H,20,23). The van der Waals surface area contributed by atoms with Crippen LogP contribution in [-0.4, -0.2) is 35.2 Å². The molecule has 3 N–H and O–H groups in total. The van der Waals surface area contributed by atoms with Crippen molar-refractivity contribution < 1.29 is 19.7 Å². The van der Waals surface area contributed by atoms with Crippen LogP contribution in [0.15, 0.2) is 59.5 Å². The van der Waals surface area contributed by atoms with Gasteiger partial charge in [-0.1, -0.05) is 42.5 Å². The zero-order chi connectivity index (χ0) is 18.1. The van der Waals surface area contributed by atoms with Crippen LogP contribution in [0, 0.1) is 0 Å². The van der Waals surface area contributed by atoms with E-state index >= 15 is 0 Å². The zero-order valence-electron chi connectivity index (χ0n) is 14.1. The molecule has 0 bridgehead atoms. The number of thioether (sulfide) groups is 1. The molecule has 2 rings (SSSR count). The Balaban J connectivity index is 1.69. The van der Waals surface area contributed by atoms with E-state index in [2.05, 4.69) is 5.32 Å². The maximum Gasteiger partial charge on any atom is 0.407 e. The monoisotopic (exact) mass is 361 g/mol. The van der Waals surface area contributed by atoms with E-state index in [1.807, 2.05) is 48.7 Å². The molecular weight excluding hydrogens is 338 g/mol. The van der Waals surface area contributed by atoms with Gasteiger partial charge in [0.1, 0.15) is 12.7 Å². The molecule has 1 amide bonds. The summed E-state index contributed by atoms with van der Waals surface area (Å²) in [5.74, 6) is 0. The number of carbonyl (C=O) groups is 1. The molecule has 2 unspecified atom stereocenters. The molecule has 25 heavy (non-hydrogen) atoms. The first kappa shape index (κ1) is 19.3. The Kier molecular flexibility index (Phi) is 7.78. The molecule has 0 aliphatic rings. The van der Waals surface area contributed by atoms with Crippen LogP contribution in [0.1, 0.15) is 23.7 Å². The Labute approximate surface area is 152 Å². The molecular formula is C19H23NO4S.